The van der Waals surface area contributed by atoms with E-state index in [1.807, 2.05) is 12.1 Å². The molecule has 0 saturated carbocycles. The van der Waals surface area contributed by atoms with Crippen molar-refractivity contribution < 1.29 is 4.79 Å². The van der Waals surface area contributed by atoms with Gasteiger partial charge in [-0.3, -0.25) is 4.79 Å². The summed E-state index contributed by atoms with van der Waals surface area (Å²) in [6.45, 7) is -0.00321. The molecule has 1 aromatic rings. The highest BCUT2D eigenvalue weighted by Crippen LogP contribution is 2.14. The Kier molecular flexibility index (Phi) is 3.26. The Morgan fingerprint density at radius 1 is 1.33 bits per heavy atom. The summed E-state index contributed by atoms with van der Waals surface area (Å²) in [6, 6.07) is 8.42. The molecule has 3 N–H and O–H groups in total. The fourth-order valence-corrected chi connectivity index (χ4v) is 1.03. The molecule has 1 aromatic carbocycles. The number of carbonyl (C=O) groups excluding carboxylic acids is 1. The Morgan fingerprint density at radius 2 is 2.00 bits per heavy atom. The third kappa shape index (κ3) is 2.71. The molecule has 74 valence electrons. The average molecular weight is 200 g/mol. The summed E-state index contributed by atoms with van der Waals surface area (Å²) < 4.78 is 0. The van der Waals surface area contributed by atoms with Crippen LogP contribution in [0.2, 0.25) is 0 Å². The molecule has 0 aliphatic carbocycles. The van der Waals surface area contributed by atoms with Crippen molar-refractivity contribution in [2.45, 2.75) is 0 Å². The van der Waals surface area contributed by atoms with E-state index in [9.17, 15) is 4.79 Å². The minimum absolute atomic E-state index is 0.00321. The van der Waals surface area contributed by atoms with Gasteiger partial charge in [0.2, 0.25) is 5.91 Å². The number of hydrogen-bond donors (Lipinski definition) is 2. The van der Waals surface area contributed by atoms with E-state index in [4.69, 9.17) is 16.3 Å². The van der Waals surface area contributed by atoms with Gasteiger partial charge < -0.3 is 11.1 Å². The first-order chi connectivity index (χ1) is 7.17. The van der Waals surface area contributed by atoms with Gasteiger partial charge >= 0.3 is 0 Å². The average Bonchev–Trinajstić information content (AvgIpc) is 2.25. The molecule has 0 heterocycles. The van der Waals surface area contributed by atoms with Gasteiger partial charge in [0, 0.05) is 5.69 Å². The summed E-state index contributed by atoms with van der Waals surface area (Å²) in [5.74, 6) is -0.488. The molecule has 0 aliphatic rings. The van der Waals surface area contributed by atoms with Gasteiger partial charge in [0.25, 0.3) is 0 Å². The van der Waals surface area contributed by atoms with Crippen molar-refractivity contribution in [1.82, 2.24) is 0 Å². The van der Waals surface area contributed by atoms with Gasteiger partial charge in [-0.05, 0) is 18.2 Å². The Labute approximate surface area is 86.7 Å². The normalized spacial score (nSPS) is 8.67. The first kappa shape index (κ1) is 10.6. The predicted octanol–water partition coefficient (Wildman–Crippen LogP) is 0.327. The van der Waals surface area contributed by atoms with E-state index in [0.717, 1.165) is 0 Å². The first-order valence-electron chi connectivity index (χ1n) is 4.14. The number of benzene rings is 1. The van der Waals surface area contributed by atoms with E-state index in [1.54, 1.807) is 6.07 Å². The van der Waals surface area contributed by atoms with E-state index in [-0.39, 0.29) is 12.1 Å². The van der Waals surface area contributed by atoms with E-state index in [1.165, 1.54) is 12.1 Å². The van der Waals surface area contributed by atoms with Crippen LogP contribution in [0.5, 0.6) is 0 Å². The lowest BCUT2D eigenvalue weighted by Gasteiger charge is -2.04. The molecule has 0 bridgehead atoms. The Morgan fingerprint density at radius 3 is 2.53 bits per heavy atom. The Hall–Kier alpha value is -2.53. The first-order valence-corrected chi connectivity index (χ1v) is 4.14. The lowest BCUT2D eigenvalue weighted by Crippen LogP contribution is -2.21. The van der Waals surface area contributed by atoms with Gasteiger partial charge in [0.15, 0.2) is 0 Å². The number of carbonyl (C=O) groups is 1. The highest BCUT2D eigenvalue weighted by atomic mass is 16.1. The quantitative estimate of drug-likeness (QED) is 0.733. The number of rotatable bonds is 3. The zero-order valence-electron chi connectivity index (χ0n) is 7.82. The second-order valence-electron chi connectivity index (χ2n) is 2.80. The van der Waals surface area contributed by atoms with Crippen LogP contribution in [0.3, 0.4) is 0 Å². The summed E-state index contributed by atoms with van der Waals surface area (Å²) in [5, 5.41) is 20.1. The van der Waals surface area contributed by atoms with Crippen molar-refractivity contribution in [2.24, 2.45) is 5.73 Å². The molecule has 5 heteroatoms. The molecule has 0 aromatic heterocycles. The zero-order chi connectivity index (χ0) is 11.3. The SMILES string of the molecule is N#Cc1ccc(NCC(N)=O)cc1C#N. The van der Waals surface area contributed by atoms with Crippen molar-refractivity contribution >= 4 is 11.6 Å². The maximum atomic E-state index is 10.5. The molecule has 5 nitrogen and oxygen atoms in total. The predicted molar refractivity (Wildman–Crippen MR) is 53.6 cm³/mol. The van der Waals surface area contributed by atoms with Crippen LogP contribution in [-0.4, -0.2) is 12.5 Å². The van der Waals surface area contributed by atoms with Gasteiger partial charge in [-0.15, -0.1) is 0 Å². The van der Waals surface area contributed by atoms with Crippen LogP contribution in [0, 0.1) is 22.7 Å². The van der Waals surface area contributed by atoms with Crippen LogP contribution >= 0.6 is 0 Å². The summed E-state index contributed by atoms with van der Waals surface area (Å²) in [6.07, 6.45) is 0. The number of anilines is 1. The van der Waals surface area contributed by atoms with Crippen LogP contribution in [-0.2, 0) is 4.79 Å². The molecule has 0 aliphatic heterocycles. The number of amides is 1. The second kappa shape index (κ2) is 4.64. The number of nitrogens with two attached hydrogens (primary N) is 1. The van der Waals surface area contributed by atoms with Crippen LogP contribution in [0.25, 0.3) is 0 Å². The smallest absolute Gasteiger partial charge is 0.236 e. The Bertz CT molecular complexity index is 467. The van der Waals surface area contributed by atoms with Gasteiger partial charge in [-0.25, -0.2) is 0 Å². The molecule has 0 fully saturated rings. The fraction of sp³-hybridized carbons (Fsp3) is 0.100. The van der Waals surface area contributed by atoms with Crippen molar-refractivity contribution in [1.29, 1.82) is 10.5 Å². The van der Waals surface area contributed by atoms with Crippen LogP contribution in [0.1, 0.15) is 11.1 Å². The summed E-state index contributed by atoms with van der Waals surface area (Å²) in [5.41, 5.74) is 6.11. The van der Waals surface area contributed by atoms with Crippen molar-refractivity contribution in [3.63, 3.8) is 0 Å². The minimum Gasteiger partial charge on any atom is -0.376 e. The van der Waals surface area contributed by atoms with Crippen LogP contribution in [0.15, 0.2) is 18.2 Å². The van der Waals surface area contributed by atoms with Crippen LogP contribution in [0.4, 0.5) is 5.69 Å². The van der Waals surface area contributed by atoms with Gasteiger partial charge in [0.1, 0.15) is 12.1 Å². The minimum atomic E-state index is -0.488. The second-order valence-corrected chi connectivity index (χ2v) is 2.80. The monoisotopic (exact) mass is 200 g/mol. The molecule has 1 rings (SSSR count). The number of nitrogens with zero attached hydrogens (tertiary/aromatic N) is 2. The maximum Gasteiger partial charge on any atom is 0.236 e. The van der Waals surface area contributed by atoms with Crippen molar-refractivity contribution in [2.75, 3.05) is 11.9 Å². The number of hydrogen-bond acceptors (Lipinski definition) is 4. The van der Waals surface area contributed by atoms with E-state index in [2.05, 4.69) is 5.32 Å². The molecule has 0 unspecified atom stereocenters. The molecule has 15 heavy (non-hydrogen) atoms. The molecule has 0 spiro atoms. The lowest BCUT2D eigenvalue weighted by atomic mass is 10.1. The van der Waals surface area contributed by atoms with E-state index >= 15 is 0 Å². The third-order valence-electron chi connectivity index (χ3n) is 1.73. The lowest BCUT2D eigenvalue weighted by molar-refractivity contribution is -0.116. The third-order valence-corrected chi connectivity index (χ3v) is 1.73. The number of nitrogens with one attached hydrogen (secondary N) is 1. The van der Waals surface area contributed by atoms with Gasteiger partial charge in [-0.1, -0.05) is 0 Å². The molecule has 0 saturated heterocycles. The van der Waals surface area contributed by atoms with Gasteiger partial charge in [-0.2, -0.15) is 10.5 Å². The number of primary amides is 1. The van der Waals surface area contributed by atoms with Crippen molar-refractivity contribution in [3.05, 3.63) is 29.3 Å². The van der Waals surface area contributed by atoms with Crippen LogP contribution < -0.4 is 11.1 Å². The molecule has 1 amide bonds. The topological polar surface area (TPSA) is 103 Å². The highest BCUT2D eigenvalue weighted by Gasteiger charge is 2.02. The molecule has 0 atom stereocenters. The summed E-state index contributed by atoms with van der Waals surface area (Å²) in [7, 11) is 0. The summed E-state index contributed by atoms with van der Waals surface area (Å²) in [4.78, 5) is 10.5. The molecular formula is C10H8N4O. The molecule has 0 radical (unpaired) electrons. The van der Waals surface area contributed by atoms with E-state index < -0.39 is 5.91 Å². The summed E-state index contributed by atoms with van der Waals surface area (Å²) >= 11 is 0. The maximum absolute atomic E-state index is 10.5. The fourth-order valence-electron chi connectivity index (χ4n) is 1.03. The highest BCUT2D eigenvalue weighted by molar-refractivity contribution is 5.79. The van der Waals surface area contributed by atoms with Crippen molar-refractivity contribution in [3.8, 4) is 12.1 Å². The molecular weight excluding hydrogens is 192 g/mol. The largest absolute Gasteiger partial charge is 0.376 e. The number of nitriles is 2. The van der Waals surface area contributed by atoms with Gasteiger partial charge in [0.05, 0.1) is 17.7 Å². The zero-order valence-corrected chi connectivity index (χ0v) is 7.82. The standard InChI is InChI=1S/C10H8N4O/c11-4-7-1-2-9(3-8(7)5-12)14-6-10(13)15/h1-3,14H,6H2,(H2,13,15). The Balaban J connectivity index is 2.91. The van der Waals surface area contributed by atoms with E-state index in [0.29, 0.717) is 11.3 Å².